The molecule has 1 heterocycles. The van der Waals surface area contributed by atoms with Gasteiger partial charge < -0.3 is 0 Å². The van der Waals surface area contributed by atoms with Crippen LogP contribution >= 0.6 is 7.29 Å². The maximum Gasteiger partial charge on any atom is 0.231 e. The normalized spacial score (nSPS) is 11.1. The molecule has 28 heavy (non-hydrogen) atoms. The summed E-state index contributed by atoms with van der Waals surface area (Å²) in [5.74, 6) is 0.697. The molecule has 0 N–H and O–H groups in total. The fourth-order valence-electron chi connectivity index (χ4n) is 3.28. The average molecular weight is 384 g/mol. The van der Waals surface area contributed by atoms with E-state index in [1.165, 1.54) is 0 Å². The highest BCUT2D eigenvalue weighted by Crippen LogP contribution is 2.50. The van der Waals surface area contributed by atoms with Crippen LogP contribution in [0.25, 0.3) is 0 Å². The van der Waals surface area contributed by atoms with E-state index in [2.05, 4.69) is 17.1 Å². The van der Waals surface area contributed by atoms with Gasteiger partial charge in [0.2, 0.25) is 7.29 Å². The Hall–Kier alpha value is -3.16. The van der Waals surface area contributed by atoms with Crippen molar-refractivity contribution in [1.82, 2.24) is 4.98 Å². The van der Waals surface area contributed by atoms with Gasteiger partial charge in [-0.05, 0) is 42.0 Å². The zero-order valence-electron chi connectivity index (χ0n) is 15.4. The highest BCUT2D eigenvalue weighted by Gasteiger charge is 2.35. The molecular formula is C24H21N2OP. The van der Waals surface area contributed by atoms with E-state index in [1.807, 2.05) is 102 Å². The first-order chi connectivity index (χ1) is 13.8. The number of pyridine rings is 1. The van der Waals surface area contributed by atoms with Crippen LogP contribution in [0, 0.1) is 0 Å². The molecule has 0 radical (unpaired) electrons. The lowest BCUT2D eigenvalue weighted by Gasteiger charge is -2.33. The summed E-state index contributed by atoms with van der Waals surface area (Å²) in [7, 11) is -3.15. The van der Waals surface area contributed by atoms with Crippen molar-refractivity contribution in [2.45, 2.75) is 6.54 Å². The number of hydrogen-bond acceptors (Lipinski definition) is 2. The van der Waals surface area contributed by atoms with Gasteiger partial charge in [-0.15, -0.1) is 0 Å². The van der Waals surface area contributed by atoms with Crippen LogP contribution in [0.15, 0.2) is 115 Å². The molecule has 4 aromatic rings. The van der Waals surface area contributed by atoms with Crippen LogP contribution in [0.3, 0.4) is 0 Å². The van der Waals surface area contributed by atoms with Crippen LogP contribution in [-0.2, 0) is 11.1 Å². The van der Waals surface area contributed by atoms with Crippen LogP contribution in [0.2, 0.25) is 0 Å². The minimum absolute atomic E-state index is 0.499. The predicted octanol–water partition coefficient (Wildman–Crippen LogP) is 5.02. The first-order valence-electron chi connectivity index (χ1n) is 9.23. The molecule has 0 unspecified atom stereocenters. The summed E-state index contributed by atoms with van der Waals surface area (Å²) in [6, 6.07) is 35.2. The number of benzene rings is 3. The van der Waals surface area contributed by atoms with Crippen molar-refractivity contribution in [2.24, 2.45) is 0 Å². The third-order valence-electron chi connectivity index (χ3n) is 4.64. The van der Waals surface area contributed by atoms with Crippen LogP contribution in [0.5, 0.6) is 0 Å². The zero-order chi connectivity index (χ0) is 19.2. The maximum atomic E-state index is 14.8. The maximum absolute atomic E-state index is 14.8. The number of anilines is 1. The van der Waals surface area contributed by atoms with Crippen molar-refractivity contribution in [3.05, 3.63) is 121 Å². The second kappa shape index (κ2) is 8.24. The molecule has 0 saturated carbocycles. The molecule has 0 bridgehead atoms. The lowest BCUT2D eigenvalue weighted by atomic mass is 10.2. The van der Waals surface area contributed by atoms with Crippen LogP contribution in [-0.4, -0.2) is 4.98 Å². The highest BCUT2D eigenvalue weighted by atomic mass is 31.2. The number of hydrogen-bond donors (Lipinski definition) is 0. The largest absolute Gasteiger partial charge is 0.296 e. The quantitative estimate of drug-likeness (QED) is 0.438. The van der Waals surface area contributed by atoms with Crippen molar-refractivity contribution >= 4 is 23.7 Å². The lowest BCUT2D eigenvalue weighted by molar-refractivity contribution is 0.583. The monoisotopic (exact) mass is 384 g/mol. The molecule has 3 aromatic carbocycles. The Morgan fingerprint density at radius 1 is 0.643 bits per heavy atom. The Morgan fingerprint density at radius 2 is 1.14 bits per heavy atom. The third kappa shape index (κ3) is 3.62. The zero-order valence-corrected chi connectivity index (χ0v) is 16.3. The van der Waals surface area contributed by atoms with Gasteiger partial charge in [0.05, 0.1) is 6.54 Å². The molecule has 0 spiro atoms. The molecule has 4 heteroatoms. The summed E-state index contributed by atoms with van der Waals surface area (Å²) in [5.41, 5.74) is 1.08. The van der Waals surface area contributed by atoms with E-state index in [1.54, 1.807) is 6.20 Å². The molecule has 0 fully saturated rings. The molecule has 3 nitrogen and oxygen atoms in total. The minimum Gasteiger partial charge on any atom is -0.296 e. The van der Waals surface area contributed by atoms with Gasteiger partial charge in [-0.3, -0.25) is 9.24 Å². The minimum atomic E-state index is -3.15. The molecule has 0 amide bonds. The van der Waals surface area contributed by atoms with Gasteiger partial charge in [0, 0.05) is 16.8 Å². The Bertz CT molecular complexity index is 1010. The smallest absolute Gasteiger partial charge is 0.231 e. The first kappa shape index (κ1) is 18.2. The molecule has 0 aliphatic rings. The highest BCUT2D eigenvalue weighted by molar-refractivity contribution is 7.80. The van der Waals surface area contributed by atoms with E-state index in [9.17, 15) is 4.57 Å². The van der Waals surface area contributed by atoms with Gasteiger partial charge in [0.15, 0.2) is 0 Å². The topological polar surface area (TPSA) is 33.2 Å². The van der Waals surface area contributed by atoms with Crippen molar-refractivity contribution in [3.63, 3.8) is 0 Å². The van der Waals surface area contributed by atoms with Gasteiger partial charge >= 0.3 is 0 Å². The molecule has 1 aromatic heterocycles. The number of aromatic nitrogens is 1. The molecule has 0 atom stereocenters. The molecule has 4 rings (SSSR count). The van der Waals surface area contributed by atoms with Crippen molar-refractivity contribution in [3.8, 4) is 0 Å². The van der Waals surface area contributed by atoms with Crippen molar-refractivity contribution < 1.29 is 4.57 Å². The van der Waals surface area contributed by atoms with Gasteiger partial charge in [-0.25, -0.2) is 4.98 Å². The summed E-state index contributed by atoms with van der Waals surface area (Å²) in [4.78, 5) is 4.55. The molecule has 138 valence electrons. The third-order valence-corrected chi connectivity index (χ3v) is 7.66. The molecule has 0 aliphatic carbocycles. The van der Waals surface area contributed by atoms with Crippen LogP contribution < -0.4 is 15.3 Å². The van der Waals surface area contributed by atoms with Gasteiger partial charge in [-0.2, -0.15) is 0 Å². The van der Waals surface area contributed by atoms with Gasteiger partial charge in [0.25, 0.3) is 0 Å². The number of rotatable bonds is 6. The van der Waals surface area contributed by atoms with Gasteiger partial charge in [0.1, 0.15) is 5.82 Å². The fraction of sp³-hybridized carbons (Fsp3) is 0.0417. The van der Waals surface area contributed by atoms with E-state index in [4.69, 9.17) is 0 Å². The van der Waals surface area contributed by atoms with Crippen molar-refractivity contribution in [1.29, 1.82) is 0 Å². The van der Waals surface area contributed by atoms with E-state index < -0.39 is 7.29 Å². The first-order valence-corrected chi connectivity index (χ1v) is 10.9. The summed E-state index contributed by atoms with van der Waals surface area (Å²) >= 11 is 0. The summed E-state index contributed by atoms with van der Waals surface area (Å²) in [5, 5.41) is 1.59. The van der Waals surface area contributed by atoms with E-state index in [-0.39, 0.29) is 0 Å². The molecule has 0 saturated heterocycles. The van der Waals surface area contributed by atoms with Crippen LogP contribution in [0.1, 0.15) is 5.56 Å². The Balaban J connectivity index is 1.93. The molecule has 0 aliphatic heterocycles. The Labute approximate surface area is 165 Å². The van der Waals surface area contributed by atoms with E-state index in [0.29, 0.717) is 12.4 Å². The lowest BCUT2D eigenvalue weighted by Crippen LogP contribution is -2.32. The predicted molar refractivity (Wildman–Crippen MR) is 117 cm³/mol. The Morgan fingerprint density at radius 3 is 1.64 bits per heavy atom. The van der Waals surface area contributed by atoms with Crippen molar-refractivity contribution in [2.75, 3.05) is 4.67 Å². The second-order valence-electron chi connectivity index (χ2n) is 6.48. The number of nitrogens with zero attached hydrogens (tertiary/aromatic N) is 2. The summed E-state index contributed by atoms with van der Waals surface area (Å²) in [6.45, 7) is 0.499. The Kier molecular flexibility index (Phi) is 5.36. The SMILES string of the molecule is O=P(c1ccccc1)(c1ccccc1)N(Cc1ccccc1)c1ccccn1. The summed E-state index contributed by atoms with van der Waals surface area (Å²) in [6.07, 6.45) is 1.74. The van der Waals surface area contributed by atoms with Crippen LogP contribution in [0.4, 0.5) is 5.82 Å². The van der Waals surface area contributed by atoms with E-state index >= 15 is 0 Å². The standard InChI is InChI=1S/C24H21N2OP/c27-28(22-14-6-2-7-15-22,23-16-8-3-9-17-23)26(24-18-10-11-19-25-24)20-21-12-4-1-5-13-21/h1-19H,20H2. The fourth-order valence-corrected chi connectivity index (χ4v) is 6.05. The second-order valence-corrected chi connectivity index (χ2v) is 9.15. The average Bonchev–Trinajstić information content (AvgIpc) is 2.79. The van der Waals surface area contributed by atoms with Gasteiger partial charge in [-0.1, -0.05) is 72.8 Å². The molecular weight excluding hydrogens is 363 g/mol. The van der Waals surface area contributed by atoms with E-state index in [0.717, 1.165) is 16.2 Å². The summed E-state index contributed by atoms with van der Waals surface area (Å²) < 4.78 is 16.8.